The van der Waals surface area contributed by atoms with E-state index in [2.05, 4.69) is 15.5 Å². The van der Waals surface area contributed by atoms with Gasteiger partial charge in [-0.25, -0.2) is 12.7 Å². The summed E-state index contributed by atoms with van der Waals surface area (Å²) in [5.41, 5.74) is 0. The maximum Gasteiger partial charge on any atom is 0.322 e. The summed E-state index contributed by atoms with van der Waals surface area (Å²) < 4.78 is 30.1. The Morgan fingerprint density at radius 2 is 2.12 bits per heavy atom. The van der Waals surface area contributed by atoms with E-state index in [0.29, 0.717) is 31.0 Å². The summed E-state index contributed by atoms with van der Waals surface area (Å²) in [5.74, 6) is 0.186. The lowest BCUT2D eigenvalue weighted by molar-refractivity contribution is -0.121. The van der Waals surface area contributed by atoms with Crippen molar-refractivity contribution >= 4 is 33.7 Å². The minimum Gasteiger partial charge on any atom is -0.407 e. The molecule has 2 heterocycles. The molecule has 10 heteroatoms. The van der Waals surface area contributed by atoms with Gasteiger partial charge < -0.3 is 4.42 Å². The topological polar surface area (TPSA) is 105 Å². The second-order valence-corrected chi connectivity index (χ2v) is 9.08. The number of amides is 1. The molecule has 1 aromatic heterocycles. The smallest absolute Gasteiger partial charge is 0.322 e. The van der Waals surface area contributed by atoms with Crippen LogP contribution in [0.3, 0.4) is 0 Å². The molecule has 0 bridgehead atoms. The van der Waals surface area contributed by atoms with Crippen molar-refractivity contribution in [2.45, 2.75) is 23.5 Å². The van der Waals surface area contributed by atoms with Crippen LogP contribution in [0.1, 0.15) is 18.7 Å². The molecule has 0 radical (unpaired) electrons. The Labute approximate surface area is 156 Å². The van der Waals surface area contributed by atoms with E-state index in [1.165, 1.54) is 4.31 Å². The van der Waals surface area contributed by atoms with Crippen molar-refractivity contribution in [2.75, 3.05) is 24.7 Å². The van der Waals surface area contributed by atoms with Crippen molar-refractivity contribution < 1.29 is 17.6 Å². The van der Waals surface area contributed by atoms with Crippen LogP contribution in [0.2, 0.25) is 0 Å². The van der Waals surface area contributed by atoms with Crippen LogP contribution in [0, 0.1) is 5.92 Å². The van der Waals surface area contributed by atoms with Crippen molar-refractivity contribution in [3.8, 4) is 0 Å². The zero-order valence-electron chi connectivity index (χ0n) is 14.3. The molecule has 1 atom stereocenters. The van der Waals surface area contributed by atoms with Gasteiger partial charge in [0.1, 0.15) is 0 Å². The van der Waals surface area contributed by atoms with Crippen LogP contribution in [0.5, 0.6) is 0 Å². The van der Waals surface area contributed by atoms with Gasteiger partial charge in [0.05, 0.1) is 17.9 Å². The van der Waals surface area contributed by atoms with E-state index in [1.54, 1.807) is 11.8 Å². The fourth-order valence-corrected chi connectivity index (χ4v) is 4.36. The molecule has 0 saturated carbocycles. The van der Waals surface area contributed by atoms with Crippen molar-refractivity contribution in [2.24, 2.45) is 5.92 Å². The van der Waals surface area contributed by atoms with E-state index in [-0.39, 0.29) is 18.5 Å². The molecule has 1 unspecified atom stereocenters. The van der Waals surface area contributed by atoms with Crippen LogP contribution in [0.4, 0.5) is 6.01 Å². The highest BCUT2D eigenvalue weighted by Gasteiger charge is 2.30. The Kier molecular flexibility index (Phi) is 5.94. The molecule has 8 nitrogen and oxygen atoms in total. The number of aromatic nitrogens is 2. The van der Waals surface area contributed by atoms with Gasteiger partial charge >= 0.3 is 6.01 Å². The number of hydrogen-bond donors (Lipinski definition) is 1. The molecule has 1 N–H and O–H groups in total. The molecule has 140 valence electrons. The minimum absolute atomic E-state index is 0.0372. The van der Waals surface area contributed by atoms with E-state index in [0.717, 1.165) is 11.2 Å². The number of nitrogens with one attached hydrogen (secondary N) is 1. The first-order valence-electron chi connectivity index (χ1n) is 8.18. The molecule has 1 aromatic carbocycles. The summed E-state index contributed by atoms with van der Waals surface area (Å²) in [6.07, 6.45) is 2.43. The first-order valence-corrected chi connectivity index (χ1v) is 11.0. The molecule has 1 aliphatic rings. The monoisotopic (exact) mass is 396 g/mol. The Balaban J connectivity index is 1.54. The number of carbonyl (C=O) groups excluding carboxylic acids is 1. The van der Waals surface area contributed by atoms with Crippen molar-refractivity contribution in [1.82, 2.24) is 14.5 Å². The number of thioether (sulfide) groups is 1. The normalized spacial score (nSPS) is 18.6. The SMILES string of the molecule is CS(=O)(=O)N1CCCC(C(=O)Nc2nnc(CSc3ccccc3)o2)C1. The maximum absolute atomic E-state index is 12.4. The van der Waals surface area contributed by atoms with Gasteiger partial charge in [0.25, 0.3) is 0 Å². The highest BCUT2D eigenvalue weighted by molar-refractivity contribution is 7.98. The number of anilines is 1. The van der Waals surface area contributed by atoms with Crippen LogP contribution in [-0.4, -0.2) is 48.2 Å². The number of rotatable bonds is 6. The molecule has 2 aromatic rings. The van der Waals surface area contributed by atoms with Gasteiger partial charge in [0.15, 0.2) is 0 Å². The number of nitrogens with zero attached hydrogens (tertiary/aromatic N) is 3. The standard InChI is InChI=1S/C16H20N4O4S2/c1-26(22,23)20-9-5-6-12(10-20)15(21)17-16-19-18-14(24-16)11-25-13-7-3-2-4-8-13/h2-4,7-8,12H,5-6,9-11H2,1H3,(H,17,19,21). The molecule has 1 aliphatic heterocycles. The molecule has 1 fully saturated rings. The molecular weight excluding hydrogens is 376 g/mol. The third kappa shape index (κ3) is 5.05. The summed E-state index contributed by atoms with van der Waals surface area (Å²) in [4.78, 5) is 13.4. The van der Waals surface area contributed by atoms with E-state index in [9.17, 15) is 13.2 Å². The predicted octanol–water partition coefficient (Wildman–Crippen LogP) is 1.97. The minimum atomic E-state index is -3.30. The Morgan fingerprint density at radius 1 is 1.35 bits per heavy atom. The lowest BCUT2D eigenvalue weighted by Gasteiger charge is -2.29. The molecule has 3 rings (SSSR count). The van der Waals surface area contributed by atoms with Gasteiger partial charge in [-0.3, -0.25) is 10.1 Å². The highest BCUT2D eigenvalue weighted by Crippen LogP contribution is 2.23. The van der Waals surface area contributed by atoms with Gasteiger partial charge in [0.2, 0.25) is 21.8 Å². The number of benzene rings is 1. The van der Waals surface area contributed by atoms with Gasteiger partial charge in [-0.15, -0.1) is 16.9 Å². The number of hydrogen-bond acceptors (Lipinski definition) is 7. The third-order valence-electron chi connectivity index (χ3n) is 4.03. The van der Waals surface area contributed by atoms with Gasteiger partial charge in [-0.05, 0) is 25.0 Å². The van der Waals surface area contributed by atoms with Crippen LogP contribution in [-0.2, 0) is 20.6 Å². The number of piperidine rings is 1. The molecule has 1 amide bonds. The summed E-state index contributed by atoms with van der Waals surface area (Å²) in [7, 11) is -3.30. The second kappa shape index (κ2) is 8.19. The van der Waals surface area contributed by atoms with Crippen LogP contribution >= 0.6 is 11.8 Å². The lowest BCUT2D eigenvalue weighted by Crippen LogP contribution is -2.43. The van der Waals surface area contributed by atoms with Crippen molar-refractivity contribution in [3.63, 3.8) is 0 Å². The number of sulfonamides is 1. The van der Waals surface area contributed by atoms with Gasteiger partial charge in [-0.1, -0.05) is 23.3 Å². The second-order valence-electron chi connectivity index (χ2n) is 6.05. The summed E-state index contributed by atoms with van der Waals surface area (Å²) in [5, 5.41) is 10.4. The molecule has 26 heavy (non-hydrogen) atoms. The first kappa shape index (κ1) is 18.9. The van der Waals surface area contributed by atoms with E-state index >= 15 is 0 Å². The van der Waals surface area contributed by atoms with E-state index in [1.807, 2.05) is 30.3 Å². The Morgan fingerprint density at radius 3 is 2.85 bits per heavy atom. The molecule has 0 spiro atoms. The first-order chi connectivity index (χ1) is 12.4. The molecular formula is C16H20N4O4S2. The van der Waals surface area contributed by atoms with Crippen LogP contribution in [0.25, 0.3) is 0 Å². The summed E-state index contributed by atoms with van der Waals surface area (Å²) >= 11 is 1.55. The Bertz CT molecular complexity index is 854. The lowest BCUT2D eigenvalue weighted by atomic mass is 9.99. The highest BCUT2D eigenvalue weighted by atomic mass is 32.2. The number of carbonyl (C=O) groups is 1. The van der Waals surface area contributed by atoms with Crippen LogP contribution in [0.15, 0.2) is 39.6 Å². The van der Waals surface area contributed by atoms with Crippen molar-refractivity contribution in [1.29, 1.82) is 0 Å². The average molecular weight is 396 g/mol. The largest absolute Gasteiger partial charge is 0.407 e. The van der Waals surface area contributed by atoms with E-state index < -0.39 is 15.9 Å². The van der Waals surface area contributed by atoms with Gasteiger partial charge in [-0.2, -0.15) is 0 Å². The molecule has 1 saturated heterocycles. The fraction of sp³-hybridized carbons (Fsp3) is 0.438. The fourth-order valence-electron chi connectivity index (χ4n) is 2.69. The third-order valence-corrected chi connectivity index (χ3v) is 6.29. The van der Waals surface area contributed by atoms with E-state index in [4.69, 9.17) is 4.42 Å². The quantitative estimate of drug-likeness (QED) is 0.744. The van der Waals surface area contributed by atoms with Crippen LogP contribution < -0.4 is 5.32 Å². The summed E-state index contributed by atoms with van der Waals surface area (Å²) in [6.45, 7) is 0.625. The Hall–Kier alpha value is -1.91. The zero-order chi connectivity index (χ0) is 18.6. The van der Waals surface area contributed by atoms with Gasteiger partial charge in [0, 0.05) is 18.0 Å². The summed E-state index contributed by atoms with van der Waals surface area (Å²) in [6, 6.07) is 9.86. The van der Waals surface area contributed by atoms with Crippen molar-refractivity contribution in [3.05, 3.63) is 36.2 Å². The predicted molar refractivity (Wildman–Crippen MR) is 98.1 cm³/mol. The average Bonchev–Trinajstić information content (AvgIpc) is 3.07. The molecule has 0 aliphatic carbocycles. The zero-order valence-corrected chi connectivity index (χ0v) is 15.9. The maximum atomic E-state index is 12.4.